The minimum absolute atomic E-state index is 0.146. The van der Waals surface area contributed by atoms with Crippen molar-refractivity contribution in [2.45, 2.75) is 25.0 Å². The van der Waals surface area contributed by atoms with Gasteiger partial charge in [0.05, 0.1) is 0 Å². The normalized spacial score (nSPS) is 30.1. The number of hydrogen-bond acceptors (Lipinski definition) is 3. The summed E-state index contributed by atoms with van der Waals surface area (Å²) >= 11 is 4.00. The molecular weight excluding hydrogens is 252 g/mol. The molecule has 5 heteroatoms. The van der Waals surface area contributed by atoms with Crippen LogP contribution in [-0.4, -0.2) is 53.1 Å². The Morgan fingerprint density at radius 3 is 3.06 bits per heavy atom. The van der Waals surface area contributed by atoms with Crippen LogP contribution in [0, 0.1) is 5.92 Å². The molecule has 2 unspecified atom stereocenters. The van der Waals surface area contributed by atoms with Gasteiger partial charge in [0.2, 0.25) is 0 Å². The minimum atomic E-state index is 0.146. The number of carbonyl (C=O) groups is 1. The summed E-state index contributed by atoms with van der Waals surface area (Å²) < 4.78 is 0. The van der Waals surface area contributed by atoms with Crippen LogP contribution in [0.5, 0.6) is 0 Å². The molecule has 2 amide bonds. The van der Waals surface area contributed by atoms with Gasteiger partial charge in [0.25, 0.3) is 0 Å². The second-order valence-corrected chi connectivity index (χ2v) is 7.51. The standard InChI is InChI=1S/C12H22N2OS2/c1-10-3-2-4-14(8-10)12(15)13-7-11-9-16-5-6-17-11/h10-11H,2-9H2,1H3,(H,13,15). The van der Waals surface area contributed by atoms with Crippen molar-refractivity contribution in [1.82, 2.24) is 10.2 Å². The number of amides is 2. The van der Waals surface area contributed by atoms with Crippen molar-refractivity contribution >= 4 is 29.6 Å². The molecule has 0 spiro atoms. The largest absolute Gasteiger partial charge is 0.337 e. The van der Waals surface area contributed by atoms with E-state index in [1.54, 1.807) is 0 Å². The number of urea groups is 1. The molecule has 2 aliphatic rings. The highest BCUT2D eigenvalue weighted by Crippen LogP contribution is 2.23. The SMILES string of the molecule is CC1CCCN(C(=O)NCC2CSCCS2)C1. The summed E-state index contributed by atoms with van der Waals surface area (Å²) in [6, 6.07) is 0.146. The van der Waals surface area contributed by atoms with Crippen molar-refractivity contribution in [3.05, 3.63) is 0 Å². The highest BCUT2D eigenvalue weighted by atomic mass is 32.2. The lowest BCUT2D eigenvalue weighted by molar-refractivity contribution is 0.170. The quantitative estimate of drug-likeness (QED) is 0.838. The number of nitrogens with one attached hydrogen (secondary N) is 1. The smallest absolute Gasteiger partial charge is 0.317 e. The van der Waals surface area contributed by atoms with Gasteiger partial charge in [-0.3, -0.25) is 0 Å². The lowest BCUT2D eigenvalue weighted by Crippen LogP contribution is -2.47. The van der Waals surface area contributed by atoms with Crippen LogP contribution < -0.4 is 5.32 Å². The highest BCUT2D eigenvalue weighted by Gasteiger charge is 2.22. The van der Waals surface area contributed by atoms with Crippen molar-refractivity contribution in [2.24, 2.45) is 5.92 Å². The van der Waals surface area contributed by atoms with Crippen molar-refractivity contribution in [1.29, 1.82) is 0 Å². The number of rotatable bonds is 2. The predicted molar refractivity (Wildman–Crippen MR) is 76.9 cm³/mol. The molecule has 3 nitrogen and oxygen atoms in total. The van der Waals surface area contributed by atoms with Crippen molar-refractivity contribution < 1.29 is 4.79 Å². The van der Waals surface area contributed by atoms with Crippen LogP contribution in [0.3, 0.4) is 0 Å². The van der Waals surface area contributed by atoms with Gasteiger partial charge in [-0.1, -0.05) is 6.92 Å². The molecule has 0 aromatic carbocycles. The van der Waals surface area contributed by atoms with E-state index < -0.39 is 0 Å². The summed E-state index contributed by atoms with van der Waals surface area (Å²) in [5, 5.41) is 3.71. The van der Waals surface area contributed by atoms with E-state index in [2.05, 4.69) is 12.2 Å². The molecule has 2 fully saturated rings. The number of piperidine rings is 1. The number of nitrogens with zero attached hydrogens (tertiary/aromatic N) is 1. The number of carbonyl (C=O) groups excluding carboxylic acids is 1. The second-order valence-electron chi connectivity index (χ2n) is 4.95. The van der Waals surface area contributed by atoms with E-state index in [0.717, 1.165) is 26.1 Å². The number of hydrogen-bond donors (Lipinski definition) is 1. The third-order valence-corrected chi connectivity index (χ3v) is 6.16. The molecule has 17 heavy (non-hydrogen) atoms. The third-order valence-electron chi connectivity index (χ3n) is 3.31. The first-order valence-electron chi connectivity index (χ1n) is 6.48. The molecule has 98 valence electrons. The fourth-order valence-corrected chi connectivity index (χ4v) is 4.95. The molecule has 2 aliphatic heterocycles. The van der Waals surface area contributed by atoms with E-state index >= 15 is 0 Å². The molecular formula is C12H22N2OS2. The van der Waals surface area contributed by atoms with E-state index in [9.17, 15) is 4.79 Å². The number of thioether (sulfide) groups is 2. The fraction of sp³-hybridized carbons (Fsp3) is 0.917. The maximum atomic E-state index is 12.0. The molecule has 0 saturated carbocycles. The average molecular weight is 274 g/mol. The topological polar surface area (TPSA) is 32.3 Å². The summed E-state index contributed by atoms with van der Waals surface area (Å²) in [7, 11) is 0. The van der Waals surface area contributed by atoms with Gasteiger partial charge >= 0.3 is 6.03 Å². The Hall–Kier alpha value is -0.0300. The Bertz CT molecular complexity index is 257. The van der Waals surface area contributed by atoms with Crippen molar-refractivity contribution in [3.8, 4) is 0 Å². The summed E-state index contributed by atoms with van der Waals surface area (Å²) in [6.07, 6.45) is 2.42. The lowest BCUT2D eigenvalue weighted by atomic mass is 10.0. The first kappa shape index (κ1) is 13.4. The minimum Gasteiger partial charge on any atom is -0.337 e. The van der Waals surface area contributed by atoms with Gasteiger partial charge in [0.15, 0.2) is 0 Å². The maximum absolute atomic E-state index is 12.0. The van der Waals surface area contributed by atoms with Gasteiger partial charge in [0.1, 0.15) is 0 Å². The van der Waals surface area contributed by atoms with Crippen molar-refractivity contribution in [3.63, 3.8) is 0 Å². The van der Waals surface area contributed by atoms with Crippen LogP contribution in [0.2, 0.25) is 0 Å². The fourth-order valence-electron chi connectivity index (χ4n) is 2.34. The van der Waals surface area contributed by atoms with Crippen LogP contribution >= 0.6 is 23.5 Å². The highest BCUT2D eigenvalue weighted by molar-refractivity contribution is 8.06. The van der Waals surface area contributed by atoms with Gasteiger partial charge in [0, 0.05) is 42.1 Å². The van der Waals surface area contributed by atoms with Gasteiger partial charge in [-0.15, -0.1) is 0 Å². The zero-order valence-corrected chi connectivity index (χ0v) is 12.1. The second kappa shape index (κ2) is 6.78. The lowest BCUT2D eigenvalue weighted by Gasteiger charge is -2.31. The molecule has 1 N–H and O–H groups in total. The van der Waals surface area contributed by atoms with E-state index in [-0.39, 0.29) is 6.03 Å². The summed E-state index contributed by atoms with van der Waals surface area (Å²) in [5.41, 5.74) is 0. The van der Waals surface area contributed by atoms with Gasteiger partial charge in [-0.2, -0.15) is 23.5 Å². The molecule has 0 aromatic rings. The average Bonchev–Trinajstić information content (AvgIpc) is 2.37. The summed E-state index contributed by atoms with van der Waals surface area (Å²) in [4.78, 5) is 14.0. The first-order chi connectivity index (χ1) is 8.25. The molecule has 0 aliphatic carbocycles. The molecule has 2 rings (SSSR count). The van der Waals surface area contributed by atoms with Crippen LogP contribution in [0.1, 0.15) is 19.8 Å². The zero-order valence-electron chi connectivity index (χ0n) is 10.5. The van der Waals surface area contributed by atoms with Crippen LogP contribution in [0.4, 0.5) is 4.79 Å². The summed E-state index contributed by atoms with van der Waals surface area (Å²) in [5.74, 6) is 4.33. The molecule has 0 radical (unpaired) electrons. The van der Waals surface area contributed by atoms with Gasteiger partial charge in [-0.25, -0.2) is 4.79 Å². The molecule has 0 aromatic heterocycles. The zero-order chi connectivity index (χ0) is 12.1. The van der Waals surface area contributed by atoms with Gasteiger partial charge < -0.3 is 10.2 Å². The molecule has 2 heterocycles. The summed E-state index contributed by atoms with van der Waals surface area (Å²) in [6.45, 7) is 4.93. The van der Waals surface area contributed by atoms with E-state index in [0.29, 0.717) is 11.2 Å². The van der Waals surface area contributed by atoms with Crippen molar-refractivity contribution in [2.75, 3.05) is 36.9 Å². The third kappa shape index (κ3) is 4.28. The monoisotopic (exact) mass is 274 g/mol. The van der Waals surface area contributed by atoms with Crippen LogP contribution in [0.15, 0.2) is 0 Å². The Morgan fingerprint density at radius 1 is 1.47 bits per heavy atom. The van der Waals surface area contributed by atoms with E-state index in [4.69, 9.17) is 0 Å². The molecule has 2 atom stereocenters. The first-order valence-corrected chi connectivity index (χ1v) is 8.68. The maximum Gasteiger partial charge on any atom is 0.317 e. The van der Waals surface area contributed by atoms with Crippen LogP contribution in [-0.2, 0) is 0 Å². The van der Waals surface area contributed by atoms with E-state index in [1.807, 2.05) is 28.4 Å². The van der Waals surface area contributed by atoms with Crippen LogP contribution in [0.25, 0.3) is 0 Å². The Kier molecular flexibility index (Phi) is 5.35. The molecule has 0 bridgehead atoms. The number of likely N-dealkylation sites (tertiary alicyclic amines) is 1. The Labute approximate surface area is 112 Å². The Balaban J connectivity index is 1.69. The molecule has 2 saturated heterocycles. The predicted octanol–water partition coefficient (Wildman–Crippen LogP) is 2.28. The van der Waals surface area contributed by atoms with Gasteiger partial charge in [-0.05, 0) is 18.8 Å². The van der Waals surface area contributed by atoms with E-state index in [1.165, 1.54) is 23.7 Å². The Morgan fingerprint density at radius 2 is 2.35 bits per heavy atom.